The van der Waals surface area contributed by atoms with Crippen LogP contribution >= 0.6 is 23.2 Å². The number of anilines is 2. The van der Waals surface area contributed by atoms with Gasteiger partial charge in [-0.25, -0.2) is 28.7 Å². The van der Waals surface area contributed by atoms with Gasteiger partial charge in [0, 0.05) is 68.4 Å². The number of imidazole rings is 2. The first-order valence-corrected chi connectivity index (χ1v) is 20.2. The quantitative estimate of drug-likeness (QED) is 0.0979. The Bertz CT molecular complexity index is 2630. The Kier molecular flexibility index (Phi) is 12.8. The average molecular weight is 866 g/mol. The molecule has 0 saturated heterocycles. The summed E-state index contributed by atoms with van der Waals surface area (Å²) in [6, 6.07) is 2.90. The highest BCUT2D eigenvalue weighted by Gasteiger charge is 2.33. The first-order valence-electron chi connectivity index (χ1n) is 19.4. The average Bonchev–Trinajstić information content (AvgIpc) is 3.74. The van der Waals surface area contributed by atoms with Gasteiger partial charge in [0.1, 0.15) is 56.9 Å². The van der Waals surface area contributed by atoms with Gasteiger partial charge in [-0.1, -0.05) is 37.0 Å². The van der Waals surface area contributed by atoms with Gasteiger partial charge in [0.15, 0.2) is 11.6 Å². The Morgan fingerprint density at radius 2 is 1.35 bits per heavy atom. The van der Waals surface area contributed by atoms with Crippen molar-refractivity contribution in [1.29, 1.82) is 0 Å². The van der Waals surface area contributed by atoms with Gasteiger partial charge in [0.05, 0.1) is 33.6 Å². The topological polar surface area (TPSA) is 180 Å². The number of fused-ring (bicyclic) bond motifs is 2. The van der Waals surface area contributed by atoms with E-state index in [4.69, 9.17) is 54.1 Å². The maximum Gasteiger partial charge on any atom is 0.260 e. The second-order valence-corrected chi connectivity index (χ2v) is 15.9. The highest BCUT2D eigenvalue weighted by atomic mass is 35.5. The van der Waals surface area contributed by atoms with Crippen LogP contribution in [0.3, 0.4) is 0 Å². The normalized spacial score (nSPS) is 13.2. The lowest BCUT2D eigenvalue weighted by Gasteiger charge is -2.24. The zero-order valence-corrected chi connectivity index (χ0v) is 36.3. The number of nitrogens with two attached hydrogens (primary N) is 2. The molecular formula is C42H48Cl2F2N10O4. The lowest BCUT2D eigenvalue weighted by Crippen LogP contribution is -2.27. The van der Waals surface area contributed by atoms with Gasteiger partial charge in [0.25, 0.3) is 11.8 Å². The fourth-order valence-electron chi connectivity index (χ4n) is 7.35. The number of ether oxygens (including phenoxy) is 2. The van der Waals surface area contributed by atoms with Crippen LogP contribution in [-0.4, -0.2) is 78.3 Å². The molecule has 3 atom stereocenters. The van der Waals surface area contributed by atoms with E-state index >= 15 is 8.78 Å². The number of benzene rings is 2. The zero-order valence-electron chi connectivity index (χ0n) is 34.8. The van der Waals surface area contributed by atoms with Gasteiger partial charge >= 0.3 is 0 Å². The number of hydrogen-bond donors (Lipinski definition) is 3. The summed E-state index contributed by atoms with van der Waals surface area (Å²) >= 11 is 12.9. The Labute approximate surface area is 356 Å². The molecule has 318 valence electrons. The largest absolute Gasteiger partial charge is 0.490 e. The number of halogens is 4. The van der Waals surface area contributed by atoms with Crippen molar-refractivity contribution in [2.45, 2.75) is 85.4 Å². The Balaban J connectivity index is 1.40. The number of aryl methyl sites for hydroxylation is 2. The van der Waals surface area contributed by atoms with Crippen molar-refractivity contribution in [3.63, 3.8) is 0 Å². The molecule has 3 unspecified atom stereocenters. The van der Waals surface area contributed by atoms with Crippen molar-refractivity contribution in [2.24, 2.45) is 0 Å². The summed E-state index contributed by atoms with van der Waals surface area (Å²) in [6.07, 6.45) is 6.11. The third-order valence-corrected chi connectivity index (χ3v) is 10.8. The molecule has 0 spiro atoms. The van der Waals surface area contributed by atoms with E-state index in [-0.39, 0.29) is 45.0 Å². The predicted octanol–water partition coefficient (Wildman–Crippen LogP) is 7.77. The van der Waals surface area contributed by atoms with E-state index < -0.39 is 47.5 Å². The van der Waals surface area contributed by atoms with E-state index in [0.717, 1.165) is 0 Å². The molecule has 4 aromatic heterocycles. The smallest absolute Gasteiger partial charge is 0.260 e. The maximum absolute atomic E-state index is 16.0. The first kappa shape index (κ1) is 43.8. The van der Waals surface area contributed by atoms with Gasteiger partial charge in [-0.05, 0) is 59.6 Å². The number of nitrogens with one attached hydrogen (secondary N) is 1. The third kappa shape index (κ3) is 8.09. The molecule has 0 aliphatic heterocycles. The first-order chi connectivity index (χ1) is 28.4. The molecule has 0 saturated carbocycles. The van der Waals surface area contributed by atoms with Crippen LogP contribution in [0.25, 0.3) is 11.0 Å². The van der Waals surface area contributed by atoms with E-state index in [1.54, 1.807) is 55.1 Å². The minimum Gasteiger partial charge on any atom is -0.490 e. The van der Waals surface area contributed by atoms with Gasteiger partial charge in [-0.3, -0.25) is 18.4 Å². The van der Waals surface area contributed by atoms with Crippen LogP contribution in [0.5, 0.6) is 11.5 Å². The Hall–Kier alpha value is -5.74. The van der Waals surface area contributed by atoms with E-state index in [1.165, 1.54) is 37.3 Å². The van der Waals surface area contributed by atoms with E-state index in [1.807, 2.05) is 20.8 Å². The fraction of sp³-hybridized carbons (Fsp3) is 0.381. The molecule has 4 heterocycles. The molecule has 18 heteroatoms. The van der Waals surface area contributed by atoms with Crippen molar-refractivity contribution in [1.82, 2.24) is 39.0 Å². The van der Waals surface area contributed by atoms with Gasteiger partial charge < -0.3 is 31.2 Å². The minimum atomic E-state index is -0.923. The number of amides is 2. The lowest BCUT2D eigenvalue weighted by atomic mass is 9.95. The van der Waals surface area contributed by atoms with Gasteiger partial charge in [0.2, 0.25) is 0 Å². The molecule has 14 nitrogen and oxygen atoms in total. The summed E-state index contributed by atoms with van der Waals surface area (Å²) in [6.45, 7) is 12.8. The van der Waals surface area contributed by atoms with E-state index in [0.29, 0.717) is 63.9 Å². The molecule has 2 aromatic carbocycles. The van der Waals surface area contributed by atoms with Crippen LogP contribution in [0.4, 0.5) is 20.4 Å². The molecule has 0 bridgehead atoms. The number of aromatic nitrogens is 6. The van der Waals surface area contributed by atoms with E-state index in [2.05, 4.69) is 15.3 Å². The molecule has 5 N–H and O–H groups in total. The number of rotatable bonds is 14. The number of carbonyl (C=O) groups excluding carboxylic acids is 2. The third-order valence-electron chi connectivity index (χ3n) is 10.2. The molecule has 6 aromatic rings. The summed E-state index contributed by atoms with van der Waals surface area (Å²) in [5.74, 6) is -2.66. The molecule has 60 heavy (non-hydrogen) atoms. The molecule has 0 aliphatic rings. The standard InChI is InChI=1S/C42H48Cl2F2N10O4/c1-10-49-41(57)29-31(45)26(43)17-24(21(5)39-52-23(7)33-37(47)50-13-15-55(33)39)35(29)60-20(4)11-12-28-34-38(48)51-14-16-56(34)40(53-28)22(6)25-18-27(44)32(46)30(42(58)54(8)9)36(25)59-19(2)3/h13-22H,10-12H2,1-9H3,(H2,47,50)(H2,48,51)(H,49,57). The van der Waals surface area contributed by atoms with Crippen molar-refractivity contribution < 1.29 is 27.8 Å². The zero-order chi connectivity index (χ0) is 43.9. The Morgan fingerprint density at radius 1 is 0.833 bits per heavy atom. The van der Waals surface area contributed by atoms with Crippen LogP contribution < -0.4 is 26.3 Å². The van der Waals surface area contributed by atoms with Crippen LogP contribution in [0.1, 0.15) is 115 Å². The van der Waals surface area contributed by atoms with Gasteiger partial charge in [-0.15, -0.1) is 0 Å². The second kappa shape index (κ2) is 17.5. The second-order valence-electron chi connectivity index (χ2n) is 15.1. The summed E-state index contributed by atoms with van der Waals surface area (Å²) in [5.41, 5.74) is 15.3. The van der Waals surface area contributed by atoms with Crippen molar-refractivity contribution in [2.75, 3.05) is 32.1 Å². The highest BCUT2D eigenvalue weighted by molar-refractivity contribution is 6.31. The molecule has 2 amide bonds. The lowest BCUT2D eigenvalue weighted by molar-refractivity contribution is 0.0815. The molecule has 0 aliphatic carbocycles. The number of carbonyl (C=O) groups is 2. The summed E-state index contributed by atoms with van der Waals surface area (Å²) in [4.78, 5) is 46.4. The predicted molar refractivity (Wildman–Crippen MR) is 228 cm³/mol. The van der Waals surface area contributed by atoms with Crippen LogP contribution in [0, 0.1) is 18.6 Å². The molecule has 0 fully saturated rings. The monoisotopic (exact) mass is 864 g/mol. The molecule has 0 radical (unpaired) electrons. The highest BCUT2D eigenvalue weighted by Crippen LogP contribution is 2.42. The Morgan fingerprint density at radius 3 is 1.90 bits per heavy atom. The fourth-order valence-corrected chi connectivity index (χ4v) is 7.78. The molecule has 6 rings (SSSR count). The number of nitrogen functional groups attached to an aromatic ring is 2. The summed E-state index contributed by atoms with van der Waals surface area (Å²) in [7, 11) is 3.03. The number of nitrogens with zero attached hydrogens (tertiary/aromatic N) is 7. The minimum absolute atomic E-state index is 0.0124. The van der Waals surface area contributed by atoms with Crippen molar-refractivity contribution in [3.05, 3.63) is 104 Å². The summed E-state index contributed by atoms with van der Waals surface area (Å²) < 4.78 is 47.9. The van der Waals surface area contributed by atoms with Crippen LogP contribution in [0.15, 0.2) is 36.9 Å². The number of hydrogen-bond acceptors (Lipinski definition) is 10. The molecular weight excluding hydrogens is 817 g/mol. The van der Waals surface area contributed by atoms with E-state index in [9.17, 15) is 9.59 Å². The van der Waals surface area contributed by atoms with Crippen molar-refractivity contribution >= 4 is 57.7 Å². The van der Waals surface area contributed by atoms with Crippen LogP contribution in [-0.2, 0) is 6.42 Å². The van der Waals surface area contributed by atoms with Crippen molar-refractivity contribution in [3.8, 4) is 11.5 Å². The maximum atomic E-state index is 16.0. The van der Waals surface area contributed by atoms with Crippen LogP contribution in [0.2, 0.25) is 10.0 Å². The van der Waals surface area contributed by atoms with Gasteiger partial charge in [-0.2, -0.15) is 0 Å². The SMILES string of the molecule is CCNC(=O)c1c(F)c(Cl)cc(C(C)c2nc(C)c3c(N)nccn23)c1OC(C)CCc1nc(C(C)c2cc(Cl)c(F)c(C(=O)N(C)C)c2OC(C)C)n2ccnc(N)c12. The summed E-state index contributed by atoms with van der Waals surface area (Å²) in [5, 5.41) is 2.18.